The average molecular weight is 325 g/mol. The largest absolute Gasteiger partial charge is 0.523 e. The van der Waals surface area contributed by atoms with Crippen LogP contribution >= 0.6 is 0 Å². The van der Waals surface area contributed by atoms with Crippen molar-refractivity contribution in [3.05, 3.63) is 35.9 Å². The summed E-state index contributed by atoms with van der Waals surface area (Å²) in [5.41, 5.74) is -6.67. The third-order valence-corrected chi connectivity index (χ3v) is 2.92. The third kappa shape index (κ3) is 4.35. The molecule has 1 aromatic rings. The van der Waals surface area contributed by atoms with Gasteiger partial charge in [-0.2, -0.15) is 34.8 Å². The Morgan fingerprint density at radius 2 is 1.40 bits per heavy atom. The van der Waals surface area contributed by atoms with Gasteiger partial charge in [0, 0.05) is 0 Å². The van der Waals surface area contributed by atoms with E-state index < -0.39 is 33.5 Å². The first kappa shape index (κ1) is 18.7. The standard InChI is InChI=1S/C9H6F6O3S.H3N/c10-8(11,12)7(6-4-2-1-3-5-6)18-19(16,17)9(13,14)15;/h1-5,7H;1H3. The SMILES string of the molecule is N.O=S(=O)(OC(c1ccccc1)C(F)(F)F)C(F)(F)F. The van der Waals surface area contributed by atoms with Gasteiger partial charge in [-0.3, -0.25) is 0 Å². The highest BCUT2D eigenvalue weighted by Gasteiger charge is 2.53. The minimum atomic E-state index is -6.35. The van der Waals surface area contributed by atoms with Gasteiger partial charge in [0.2, 0.25) is 0 Å². The lowest BCUT2D eigenvalue weighted by Crippen LogP contribution is -2.32. The first-order valence-electron chi connectivity index (χ1n) is 4.56. The molecular weight excluding hydrogens is 316 g/mol. The van der Waals surface area contributed by atoms with Crippen LogP contribution in [0.3, 0.4) is 0 Å². The minimum Gasteiger partial charge on any atom is -0.344 e. The van der Waals surface area contributed by atoms with Crippen molar-refractivity contribution >= 4 is 10.1 Å². The Morgan fingerprint density at radius 1 is 0.950 bits per heavy atom. The van der Waals surface area contributed by atoms with E-state index in [1.54, 1.807) is 0 Å². The first-order valence-corrected chi connectivity index (χ1v) is 5.97. The van der Waals surface area contributed by atoms with Crippen molar-refractivity contribution in [3.63, 3.8) is 0 Å². The summed E-state index contributed by atoms with van der Waals surface area (Å²) in [5, 5.41) is 0. The van der Waals surface area contributed by atoms with Crippen LogP contribution in [0.4, 0.5) is 26.3 Å². The molecule has 3 N–H and O–H groups in total. The summed E-state index contributed by atoms with van der Waals surface area (Å²) in [7, 11) is -6.35. The number of hydrogen-bond donors (Lipinski definition) is 1. The summed E-state index contributed by atoms with van der Waals surface area (Å²) in [6.45, 7) is 0. The van der Waals surface area contributed by atoms with Crippen LogP contribution in [0.1, 0.15) is 11.7 Å². The molecule has 0 aliphatic rings. The summed E-state index contributed by atoms with van der Waals surface area (Å²) < 4.78 is 98.3. The van der Waals surface area contributed by atoms with Crippen LogP contribution in [-0.2, 0) is 14.3 Å². The molecular formula is C9H9F6NO3S. The van der Waals surface area contributed by atoms with Gasteiger partial charge in [-0.05, 0) is 5.56 Å². The first-order chi connectivity index (χ1) is 8.45. The molecule has 0 aliphatic carbocycles. The molecule has 0 bridgehead atoms. The summed E-state index contributed by atoms with van der Waals surface area (Å²) in [6, 6.07) is 5.15. The van der Waals surface area contributed by atoms with E-state index in [1.165, 1.54) is 6.07 Å². The normalized spacial score (nSPS) is 14.5. The third-order valence-electron chi connectivity index (χ3n) is 1.91. The van der Waals surface area contributed by atoms with E-state index in [0.29, 0.717) is 0 Å². The van der Waals surface area contributed by atoms with Crippen molar-refractivity contribution in [1.29, 1.82) is 0 Å². The zero-order valence-electron chi connectivity index (χ0n) is 9.57. The average Bonchev–Trinajstić information content (AvgIpc) is 2.24. The quantitative estimate of drug-likeness (QED) is 0.525. The van der Waals surface area contributed by atoms with Crippen LogP contribution < -0.4 is 6.15 Å². The fourth-order valence-corrected chi connectivity index (χ4v) is 1.69. The predicted molar refractivity (Wildman–Crippen MR) is 56.3 cm³/mol. The van der Waals surface area contributed by atoms with Crippen molar-refractivity contribution in [1.82, 2.24) is 6.15 Å². The summed E-state index contributed by atoms with van der Waals surface area (Å²) in [4.78, 5) is 0. The molecule has 0 heterocycles. The second-order valence-corrected chi connectivity index (χ2v) is 4.89. The van der Waals surface area contributed by atoms with Crippen molar-refractivity contribution < 1.29 is 38.9 Å². The Hall–Kier alpha value is -1.33. The highest BCUT2D eigenvalue weighted by atomic mass is 32.2. The zero-order valence-corrected chi connectivity index (χ0v) is 10.4. The lowest BCUT2D eigenvalue weighted by Gasteiger charge is -2.21. The number of alkyl halides is 6. The van der Waals surface area contributed by atoms with Crippen molar-refractivity contribution in [2.45, 2.75) is 17.8 Å². The highest BCUT2D eigenvalue weighted by Crippen LogP contribution is 2.39. The van der Waals surface area contributed by atoms with E-state index in [9.17, 15) is 34.8 Å². The number of rotatable bonds is 3. The van der Waals surface area contributed by atoms with Crippen LogP contribution in [0.25, 0.3) is 0 Å². The van der Waals surface area contributed by atoms with E-state index in [2.05, 4.69) is 4.18 Å². The van der Waals surface area contributed by atoms with Crippen LogP contribution in [-0.4, -0.2) is 20.1 Å². The second-order valence-electron chi connectivity index (χ2n) is 3.33. The van der Waals surface area contributed by atoms with Gasteiger partial charge in [-0.15, -0.1) is 0 Å². The summed E-state index contributed by atoms with van der Waals surface area (Å²) in [6.07, 6.45) is -8.51. The lowest BCUT2D eigenvalue weighted by molar-refractivity contribution is -0.200. The molecule has 1 aromatic carbocycles. The Kier molecular flexibility index (Phi) is 5.58. The van der Waals surface area contributed by atoms with Crippen molar-refractivity contribution in [3.8, 4) is 0 Å². The van der Waals surface area contributed by atoms with E-state index in [-0.39, 0.29) is 6.15 Å². The van der Waals surface area contributed by atoms with Gasteiger partial charge in [-0.1, -0.05) is 30.3 Å². The molecule has 0 aliphatic heterocycles. The van der Waals surface area contributed by atoms with Crippen LogP contribution in [0.5, 0.6) is 0 Å². The highest BCUT2D eigenvalue weighted by molar-refractivity contribution is 7.87. The van der Waals surface area contributed by atoms with Gasteiger partial charge >= 0.3 is 21.8 Å². The number of hydrogen-bond acceptors (Lipinski definition) is 4. The molecule has 1 unspecified atom stereocenters. The van der Waals surface area contributed by atoms with Crippen molar-refractivity contribution in [2.75, 3.05) is 0 Å². The number of benzene rings is 1. The van der Waals surface area contributed by atoms with E-state index in [1.807, 2.05) is 0 Å². The summed E-state index contributed by atoms with van der Waals surface area (Å²) >= 11 is 0. The minimum absolute atomic E-state index is 0. The monoisotopic (exact) mass is 325 g/mol. The molecule has 11 heteroatoms. The van der Waals surface area contributed by atoms with E-state index >= 15 is 0 Å². The molecule has 20 heavy (non-hydrogen) atoms. The fourth-order valence-electron chi connectivity index (χ4n) is 1.11. The molecule has 0 spiro atoms. The molecule has 116 valence electrons. The number of halogens is 6. The topological polar surface area (TPSA) is 78.4 Å². The van der Waals surface area contributed by atoms with Crippen LogP contribution in [0.2, 0.25) is 0 Å². The Labute approximate surface area is 110 Å². The van der Waals surface area contributed by atoms with Gasteiger partial charge < -0.3 is 6.15 Å². The molecule has 1 atom stereocenters. The van der Waals surface area contributed by atoms with Gasteiger partial charge in [-0.25, -0.2) is 4.18 Å². The molecule has 0 radical (unpaired) electrons. The molecule has 0 saturated carbocycles. The smallest absolute Gasteiger partial charge is 0.344 e. The van der Waals surface area contributed by atoms with E-state index in [4.69, 9.17) is 0 Å². The summed E-state index contributed by atoms with van der Waals surface area (Å²) in [5.74, 6) is 0. The molecule has 0 amide bonds. The fraction of sp³-hybridized carbons (Fsp3) is 0.333. The van der Waals surface area contributed by atoms with Gasteiger partial charge in [0.1, 0.15) is 0 Å². The second kappa shape index (κ2) is 5.97. The van der Waals surface area contributed by atoms with Gasteiger partial charge in [0.25, 0.3) is 0 Å². The molecule has 0 fully saturated rings. The molecule has 4 nitrogen and oxygen atoms in total. The molecule has 0 aromatic heterocycles. The Balaban J connectivity index is 0.00000361. The maximum atomic E-state index is 12.6. The maximum Gasteiger partial charge on any atom is 0.523 e. The van der Waals surface area contributed by atoms with Crippen LogP contribution in [0, 0.1) is 0 Å². The zero-order chi connectivity index (χ0) is 14.9. The Bertz CT molecular complexity index is 525. The molecule has 1 rings (SSSR count). The molecule has 0 saturated heterocycles. The van der Waals surface area contributed by atoms with Gasteiger partial charge in [0.15, 0.2) is 6.10 Å². The van der Waals surface area contributed by atoms with Gasteiger partial charge in [0.05, 0.1) is 0 Å². The lowest BCUT2D eigenvalue weighted by atomic mass is 10.1. The van der Waals surface area contributed by atoms with Crippen molar-refractivity contribution in [2.24, 2.45) is 0 Å². The maximum absolute atomic E-state index is 12.6. The Morgan fingerprint density at radius 3 is 1.75 bits per heavy atom. The predicted octanol–water partition coefficient (Wildman–Crippen LogP) is 3.32. The van der Waals surface area contributed by atoms with E-state index in [0.717, 1.165) is 24.3 Å². The van der Waals surface area contributed by atoms with Crippen LogP contribution in [0.15, 0.2) is 30.3 Å².